The van der Waals surface area contributed by atoms with E-state index in [0.29, 0.717) is 5.03 Å². The Labute approximate surface area is 123 Å². The fraction of sp³-hybridized carbons (Fsp3) is 0.615. The number of hydrogen-bond donors (Lipinski definition) is 0. The van der Waals surface area contributed by atoms with Gasteiger partial charge in [0.2, 0.25) is 0 Å². The van der Waals surface area contributed by atoms with Crippen molar-refractivity contribution in [3.05, 3.63) is 23.9 Å². The van der Waals surface area contributed by atoms with Crippen molar-refractivity contribution in [3.63, 3.8) is 0 Å². The quantitative estimate of drug-likeness (QED) is 0.548. The van der Waals surface area contributed by atoms with Gasteiger partial charge in [-0.25, -0.2) is 4.98 Å². The molecule has 1 aromatic heterocycles. The Morgan fingerprint density at radius 1 is 1.26 bits per heavy atom. The molecule has 0 N–H and O–H groups in total. The van der Waals surface area contributed by atoms with Gasteiger partial charge in [-0.3, -0.25) is 0 Å². The second-order valence-corrected chi connectivity index (χ2v) is 6.57. The molecule has 2 rings (SSSR count). The van der Waals surface area contributed by atoms with E-state index in [4.69, 9.17) is 0 Å². The number of rotatable bonds is 4. The van der Waals surface area contributed by atoms with Crippen LogP contribution in [0.1, 0.15) is 31.2 Å². The number of nitrogens with zero attached hydrogens (tertiary/aromatic N) is 1. The van der Waals surface area contributed by atoms with E-state index in [-0.39, 0.29) is 5.41 Å². The zero-order chi connectivity index (χ0) is 13.9. The van der Waals surface area contributed by atoms with Gasteiger partial charge in [-0.15, -0.1) is 11.8 Å². The second-order valence-electron chi connectivity index (χ2n) is 5.01. The van der Waals surface area contributed by atoms with E-state index >= 15 is 0 Å². The first-order valence-corrected chi connectivity index (χ1v) is 8.28. The molecular formula is C13H15BrF3NS. The lowest BCUT2D eigenvalue weighted by atomic mass is 9.92. The van der Waals surface area contributed by atoms with Gasteiger partial charge in [0.25, 0.3) is 0 Å². The summed E-state index contributed by atoms with van der Waals surface area (Å²) in [5.74, 6) is 0.913. The molecule has 0 aromatic carbocycles. The molecule has 106 valence electrons. The summed E-state index contributed by atoms with van der Waals surface area (Å²) in [6.07, 6.45) is 1.47. The lowest BCUT2D eigenvalue weighted by Gasteiger charge is -2.25. The zero-order valence-electron chi connectivity index (χ0n) is 10.3. The number of thioether (sulfide) groups is 1. The van der Waals surface area contributed by atoms with Gasteiger partial charge in [-0.2, -0.15) is 13.2 Å². The fourth-order valence-corrected chi connectivity index (χ4v) is 4.46. The maximum atomic E-state index is 12.4. The number of aromatic nitrogens is 1. The summed E-state index contributed by atoms with van der Waals surface area (Å²) in [5.41, 5.74) is -0.400. The summed E-state index contributed by atoms with van der Waals surface area (Å²) in [4.78, 5) is 3.90. The average molecular weight is 354 g/mol. The van der Waals surface area contributed by atoms with E-state index < -0.39 is 11.7 Å². The summed E-state index contributed by atoms with van der Waals surface area (Å²) < 4.78 is 37.2. The smallest absolute Gasteiger partial charge is 0.249 e. The second kappa shape index (κ2) is 6.04. The Bertz CT molecular complexity index is 413. The van der Waals surface area contributed by atoms with Gasteiger partial charge in [-0.1, -0.05) is 28.8 Å². The van der Waals surface area contributed by atoms with Crippen LogP contribution in [-0.2, 0) is 6.18 Å². The van der Waals surface area contributed by atoms with Crippen molar-refractivity contribution in [2.45, 2.75) is 36.9 Å². The third kappa shape index (κ3) is 3.88. The molecule has 0 spiro atoms. The Morgan fingerprint density at radius 2 is 1.95 bits per heavy atom. The van der Waals surface area contributed by atoms with Crippen LogP contribution >= 0.6 is 27.7 Å². The third-order valence-corrected chi connectivity index (χ3v) is 6.02. The molecule has 0 radical (unpaired) electrons. The normalized spacial score (nSPS) is 18.7. The molecule has 1 nitrogen and oxygen atoms in total. The predicted molar refractivity (Wildman–Crippen MR) is 74.7 cm³/mol. The van der Waals surface area contributed by atoms with Gasteiger partial charge in [0.15, 0.2) is 0 Å². The third-order valence-electron chi connectivity index (χ3n) is 3.54. The Balaban J connectivity index is 1.96. The SMILES string of the molecule is FC(F)(F)c1ccc(SCC2(CBr)CCCC2)nc1. The summed E-state index contributed by atoms with van der Waals surface area (Å²) >= 11 is 5.11. The van der Waals surface area contributed by atoms with Gasteiger partial charge in [0.05, 0.1) is 10.6 Å². The summed E-state index contributed by atoms with van der Waals surface area (Å²) in [5, 5.41) is 1.62. The molecule has 0 amide bonds. The van der Waals surface area contributed by atoms with Gasteiger partial charge >= 0.3 is 6.18 Å². The maximum Gasteiger partial charge on any atom is 0.417 e. The van der Waals surface area contributed by atoms with E-state index in [2.05, 4.69) is 20.9 Å². The molecule has 6 heteroatoms. The lowest BCUT2D eigenvalue weighted by Crippen LogP contribution is -2.21. The van der Waals surface area contributed by atoms with Crippen LogP contribution in [0.5, 0.6) is 0 Å². The van der Waals surface area contributed by atoms with Crippen molar-refractivity contribution in [1.29, 1.82) is 0 Å². The largest absolute Gasteiger partial charge is 0.417 e. The van der Waals surface area contributed by atoms with Crippen LogP contribution in [0.4, 0.5) is 13.2 Å². The zero-order valence-corrected chi connectivity index (χ0v) is 12.7. The van der Waals surface area contributed by atoms with E-state index in [9.17, 15) is 13.2 Å². The first-order chi connectivity index (χ1) is 8.95. The van der Waals surface area contributed by atoms with Crippen LogP contribution in [0.2, 0.25) is 0 Å². The van der Waals surface area contributed by atoms with Crippen LogP contribution < -0.4 is 0 Å². The molecule has 19 heavy (non-hydrogen) atoms. The fourth-order valence-electron chi connectivity index (χ4n) is 2.30. The molecule has 0 aliphatic heterocycles. The van der Waals surface area contributed by atoms with Crippen LogP contribution in [0.15, 0.2) is 23.4 Å². The summed E-state index contributed by atoms with van der Waals surface area (Å²) in [6, 6.07) is 2.56. The van der Waals surface area contributed by atoms with Crippen LogP contribution in [0.3, 0.4) is 0 Å². The van der Waals surface area contributed by atoms with E-state index in [1.54, 1.807) is 11.8 Å². The first-order valence-electron chi connectivity index (χ1n) is 6.17. The Kier molecular flexibility index (Phi) is 4.82. The first kappa shape index (κ1) is 15.2. The average Bonchev–Trinajstić information content (AvgIpc) is 2.85. The minimum atomic E-state index is -4.31. The molecule has 1 fully saturated rings. The van der Waals surface area contributed by atoms with Crippen molar-refractivity contribution in [1.82, 2.24) is 4.98 Å². The van der Waals surface area contributed by atoms with E-state index in [1.807, 2.05) is 0 Å². The molecular weight excluding hydrogens is 339 g/mol. The lowest BCUT2D eigenvalue weighted by molar-refractivity contribution is -0.137. The molecule has 1 aliphatic carbocycles. The van der Waals surface area contributed by atoms with Crippen LogP contribution in [0, 0.1) is 5.41 Å². The number of pyridine rings is 1. The highest BCUT2D eigenvalue weighted by molar-refractivity contribution is 9.09. The molecule has 0 saturated heterocycles. The minimum absolute atomic E-state index is 0.287. The molecule has 1 aromatic rings. The van der Waals surface area contributed by atoms with E-state index in [1.165, 1.54) is 31.7 Å². The van der Waals surface area contributed by atoms with Crippen molar-refractivity contribution in [2.75, 3.05) is 11.1 Å². The molecule has 1 aliphatic rings. The topological polar surface area (TPSA) is 12.9 Å². The van der Waals surface area contributed by atoms with Gasteiger partial charge in [0, 0.05) is 17.3 Å². The van der Waals surface area contributed by atoms with Crippen LogP contribution in [0.25, 0.3) is 0 Å². The number of alkyl halides is 4. The highest BCUT2D eigenvalue weighted by Crippen LogP contribution is 2.43. The standard InChI is InChI=1S/C13H15BrF3NS/c14-8-12(5-1-2-6-12)9-19-11-4-3-10(7-18-11)13(15,16)17/h3-4,7H,1-2,5-6,8-9H2. The van der Waals surface area contributed by atoms with Crippen molar-refractivity contribution in [3.8, 4) is 0 Å². The highest BCUT2D eigenvalue weighted by Gasteiger charge is 2.33. The van der Waals surface area contributed by atoms with Crippen molar-refractivity contribution >= 4 is 27.7 Å². The van der Waals surface area contributed by atoms with Crippen LogP contribution in [-0.4, -0.2) is 16.1 Å². The molecule has 0 bridgehead atoms. The number of halogens is 4. The monoisotopic (exact) mass is 353 g/mol. The van der Waals surface area contributed by atoms with Gasteiger partial charge < -0.3 is 0 Å². The molecule has 1 saturated carbocycles. The minimum Gasteiger partial charge on any atom is -0.249 e. The van der Waals surface area contributed by atoms with Crippen molar-refractivity contribution in [2.24, 2.45) is 5.41 Å². The predicted octanol–water partition coefficient (Wildman–Crippen LogP) is 5.15. The maximum absolute atomic E-state index is 12.4. The molecule has 1 heterocycles. The van der Waals surface area contributed by atoms with Gasteiger partial charge in [-0.05, 0) is 30.4 Å². The summed E-state index contributed by atoms with van der Waals surface area (Å²) in [7, 11) is 0. The number of hydrogen-bond acceptors (Lipinski definition) is 2. The van der Waals surface area contributed by atoms with E-state index in [0.717, 1.165) is 23.3 Å². The Hall–Kier alpha value is -0.230. The summed E-state index contributed by atoms with van der Waals surface area (Å²) in [6.45, 7) is 0. The van der Waals surface area contributed by atoms with Crippen molar-refractivity contribution < 1.29 is 13.2 Å². The molecule has 0 unspecified atom stereocenters. The Morgan fingerprint density at radius 3 is 2.42 bits per heavy atom. The molecule has 0 atom stereocenters. The highest BCUT2D eigenvalue weighted by atomic mass is 79.9. The van der Waals surface area contributed by atoms with Gasteiger partial charge in [0.1, 0.15) is 0 Å².